The van der Waals surface area contributed by atoms with E-state index in [9.17, 15) is 14.3 Å². The third-order valence-electron chi connectivity index (χ3n) is 5.59. The molecule has 0 saturated carbocycles. The number of phenolic OH excluding ortho intramolecular Hbond substituents is 1. The second-order valence-corrected chi connectivity index (χ2v) is 7.27. The van der Waals surface area contributed by atoms with Crippen LogP contribution in [0.5, 0.6) is 5.75 Å². The number of likely N-dealkylation sites (tertiary alicyclic amines) is 1. The van der Waals surface area contributed by atoms with Gasteiger partial charge in [-0.3, -0.25) is 4.79 Å². The number of nitrogens with zero attached hydrogens (tertiary/aromatic N) is 1. The molecule has 0 unspecified atom stereocenters. The van der Waals surface area contributed by atoms with Crippen LogP contribution in [0, 0.1) is 11.7 Å². The third kappa shape index (κ3) is 3.68. The predicted octanol–water partition coefficient (Wildman–Crippen LogP) is 3.90. The van der Waals surface area contributed by atoms with Crippen LogP contribution in [-0.4, -0.2) is 29.0 Å². The number of hydrogen-bond donors (Lipinski definition) is 1. The molecule has 0 bridgehead atoms. The molecule has 0 radical (unpaired) electrons. The maximum atomic E-state index is 13.3. The van der Waals surface area contributed by atoms with Gasteiger partial charge in [0.05, 0.1) is 6.42 Å². The van der Waals surface area contributed by atoms with Crippen LogP contribution in [0.15, 0.2) is 48.5 Å². The second-order valence-electron chi connectivity index (χ2n) is 7.27. The largest absolute Gasteiger partial charge is 0.508 e. The molecule has 25 heavy (non-hydrogen) atoms. The Bertz CT molecular complexity index is 776. The van der Waals surface area contributed by atoms with Gasteiger partial charge in [0.2, 0.25) is 5.91 Å². The van der Waals surface area contributed by atoms with Gasteiger partial charge in [0.25, 0.3) is 0 Å². The molecule has 1 fully saturated rings. The number of benzene rings is 2. The van der Waals surface area contributed by atoms with Crippen molar-refractivity contribution >= 4 is 5.91 Å². The Morgan fingerprint density at radius 2 is 2.04 bits per heavy atom. The standard InChI is InChI=1S/C21H24FNO2/c1-15-14-23(20(25)12-16-5-3-7-18(22)11-16)10-9-21(15,2)17-6-4-8-19(24)13-17/h3-8,11,13,15,24H,9-10,12,14H2,1-2H3/t15-,21+/m0/s1. The summed E-state index contributed by atoms with van der Waals surface area (Å²) in [6.45, 7) is 5.68. The van der Waals surface area contributed by atoms with E-state index in [-0.39, 0.29) is 35.2 Å². The topological polar surface area (TPSA) is 40.5 Å². The first-order chi connectivity index (χ1) is 11.9. The normalized spacial score (nSPS) is 23.5. The molecule has 1 N–H and O–H groups in total. The smallest absolute Gasteiger partial charge is 0.227 e. The van der Waals surface area contributed by atoms with Crippen molar-refractivity contribution in [2.75, 3.05) is 13.1 Å². The molecular formula is C21H24FNO2. The van der Waals surface area contributed by atoms with Gasteiger partial charge in [-0.25, -0.2) is 4.39 Å². The molecule has 2 atom stereocenters. The third-order valence-corrected chi connectivity index (χ3v) is 5.59. The predicted molar refractivity (Wildman–Crippen MR) is 95.9 cm³/mol. The first-order valence-electron chi connectivity index (χ1n) is 8.70. The van der Waals surface area contributed by atoms with Gasteiger partial charge in [-0.2, -0.15) is 0 Å². The summed E-state index contributed by atoms with van der Waals surface area (Å²) in [4.78, 5) is 14.5. The molecule has 1 heterocycles. The molecule has 0 aliphatic carbocycles. The van der Waals surface area contributed by atoms with Crippen LogP contribution in [0.2, 0.25) is 0 Å². The van der Waals surface area contributed by atoms with Crippen molar-refractivity contribution in [3.8, 4) is 5.75 Å². The minimum absolute atomic E-state index is 0.0374. The van der Waals surface area contributed by atoms with Crippen molar-refractivity contribution in [3.63, 3.8) is 0 Å². The SMILES string of the molecule is C[C@H]1CN(C(=O)Cc2cccc(F)c2)CC[C@@]1(C)c1cccc(O)c1. The van der Waals surface area contributed by atoms with Gasteiger partial charge >= 0.3 is 0 Å². The fourth-order valence-electron chi connectivity index (χ4n) is 3.69. The Hall–Kier alpha value is -2.36. The molecule has 1 saturated heterocycles. The Labute approximate surface area is 148 Å². The van der Waals surface area contributed by atoms with Crippen molar-refractivity contribution in [2.45, 2.75) is 32.1 Å². The van der Waals surface area contributed by atoms with Crippen LogP contribution in [0.3, 0.4) is 0 Å². The lowest BCUT2D eigenvalue weighted by atomic mass is 9.68. The number of rotatable bonds is 3. The second kappa shape index (κ2) is 6.87. The average Bonchev–Trinajstić information content (AvgIpc) is 2.57. The van der Waals surface area contributed by atoms with Gasteiger partial charge in [0.1, 0.15) is 11.6 Å². The van der Waals surface area contributed by atoms with Gasteiger partial charge in [-0.15, -0.1) is 0 Å². The van der Waals surface area contributed by atoms with Crippen molar-refractivity contribution in [2.24, 2.45) is 5.92 Å². The van der Waals surface area contributed by atoms with Crippen LogP contribution in [0.1, 0.15) is 31.4 Å². The molecule has 1 aliphatic rings. The fraction of sp³-hybridized carbons (Fsp3) is 0.381. The molecule has 4 heteroatoms. The van der Waals surface area contributed by atoms with Crippen LogP contribution in [0.4, 0.5) is 4.39 Å². The van der Waals surface area contributed by atoms with Crippen LogP contribution in [0.25, 0.3) is 0 Å². The Morgan fingerprint density at radius 1 is 1.28 bits per heavy atom. The van der Waals surface area contributed by atoms with E-state index in [1.165, 1.54) is 12.1 Å². The number of piperidine rings is 1. The molecule has 1 aliphatic heterocycles. The van der Waals surface area contributed by atoms with Crippen molar-refractivity contribution < 1.29 is 14.3 Å². The maximum Gasteiger partial charge on any atom is 0.227 e. The van der Waals surface area contributed by atoms with Crippen molar-refractivity contribution in [1.82, 2.24) is 4.90 Å². The molecule has 3 nitrogen and oxygen atoms in total. The van der Waals surface area contributed by atoms with E-state index in [1.54, 1.807) is 18.2 Å². The number of amides is 1. The van der Waals surface area contributed by atoms with Crippen molar-refractivity contribution in [3.05, 3.63) is 65.5 Å². The van der Waals surface area contributed by atoms with E-state index in [2.05, 4.69) is 13.8 Å². The summed E-state index contributed by atoms with van der Waals surface area (Å²) in [5.41, 5.74) is 1.74. The van der Waals surface area contributed by atoms with Crippen LogP contribution in [-0.2, 0) is 16.6 Å². The van der Waals surface area contributed by atoms with Crippen LogP contribution >= 0.6 is 0 Å². The van der Waals surface area contributed by atoms with Crippen LogP contribution < -0.4 is 0 Å². The molecular weight excluding hydrogens is 317 g/mol. The molecule has 3 rings (SSSR count). The zero-order valence-electron chi connectivity index (χ0n) is 14.7. The maximum absolute atomic E-state index is 13.3. The lowest BCUT2D eigenvalue weighted by Gasteiger charge is -2.45. The minimum atomic E-state index is -0.311. The summed E-state index contributed by atoms with van der Waals surface area (Å²) in [5, 5.41) is 9.78. The quantitative estimate of drug-likeness (QED) is 0.920. The zero-order chi connectivity index (χ0) is 18.0. The highest BCUT2D eigenvalue weighted by Gasteiger charge is 2.39. The summed E-state index contributed by atoms with van der Waals surface area (Å²) in [7, 11) is 0. The summed E-state index contributed by atoms with van der Waals surface area (Å²) >= 11 is 0. The van der Waals surface area contributed by atoms with E-state index in [0.29, 0.717) is 18.7 Å². The molecule has 2 aromatic carbocycles. The molecule has 0 aromatic heterocycles. The van der Waals surface area contributed by atoms with Gasteiger partial charge in [-0.05, 0) is 53.1 Å². The zero-order valence-corrected chi connectivity index (χ0v) is 14.7. The highest BCUT2D eigenvalue weighted by molar-refractivity contribution is 5.79. The molecule has 2 aromatic rings. The molecule has 1 amide bonds. The lowest BCUT2D eigenvalue weighted by molar-refractivity contribution is -0.133. The summed E-state index contributed by atoms with van der Waals surface area (Å²) < 4.78 is 13.3. The first kappa shape index (κ1) is 17.5. The number of carbonyl (C=O) groups excluding carboxylic acids is 1. The van der Waals surface area contributed by atoms with Gasteiger partial charge < -0.3 is 10.0 Å². The highest BCUT2D eigenvalue weighted by Crippen LogP contribution is 2.40. The number of halogens is 1. The summed E-state index contributed by atoms with van der Waals surface area (Å²) in [6, 6.07) is 13.6. The Balaban J connectivity index is 1.70. The Kier molecular flexibility index (Phi) is 4.80. The van der Waals surface area contributed by atoms with Gasteiger partial charge in [0, 0.05) is 13.1 Å². The fourth-order valence-corrected chi connectivity index (χ4v) is 3.69. The monoisotopic (exact) mass is 341 g/mol. The first-order valence-corrected chi connectivity index (χ1v) is 8.70. The summed E-state index contributed by atoms with van der Waals surface area (Å²) in [5.74, 6) is 0.263. The van der Waals surface area contributed by atoms with Crippen molar-refractivity contribution in [1.29, 1.82) is 0 Å². The molecule has 132 valence electrons. The van der Waals surface area contributed by atoms with Gasteiger partial charge in [-0.1, -0.05) is 38.1 Å². The number of carbonyl (C=O) groups is 1. The Morgan fingerprint density at radius 3 is 2.72 bits per heavy atom. The van der Waals surface area contributed by atoms with E-state index >= 15 is 0 Å². The van der Waals surface area contributed by atoms with E-state index in [1.807, 2.05) is 23.1 Å². The minimum Gasteiger partial charge on any atom is -0.508 e. The molecule has 0 spiro atoms. The average molecular weight is 341 g/mol. The summed E-state index contributed by atoms with van der Waals surface area (Å²) in [6.07, 6.45) is 1.07. The van der Waals surface area contributed by atoms with E-state index in [4.69, 9.17) is 0 Å². The lowest BCUT2D eigenvalue weighted by Crippen LogP contribution is -2.49. The van der Waals surface area contributed by atoms with E-state index in [0.717, 1.165) is 12.0 Å². The number of hydrogen-bond acceptors (Lipinski definition) is 2. The van der Waals surface area contributed by atoms with Gasteiger partial charge in [0.15, 0.2) is 0 Å². The highest BCUT2D eigenvalue weighted by atomic mass is 19.1. The van der Waals surface area contributed by atoms with E-state index < -0.39 is 0 Å². The number of aromatic hydroxyl groups is 1. The number of phenols is 1.